The molecule has 1 unspecified atom stereocenters. The van der Waals surface area contributed by atoms with E-state index in [0.29, 0.717) is 11.1 Å². The molecule has 0 aromatic heterocycles. The van der Waals surface area contributed by atoms with Gasteiger partial charge in [-0.25, -0.2) is 0 Å². The largest absolute Gasteiger partial charge is 0.411 e. The van der Waals surface area contributed by atoms with Crippen LogP contribution in [0, 0.1) is 0 Å². The zero-order chi connectivity index (χ0) is 14.4. The Morgan fingerprint density at radius 1 is 1.05 bits per heavy atom. The van der Waals surface area contributed by atoms with Gasteiger partial charge in [-0.1, -0.05) is 71.9 Å². The van der Waals surface area contributed by atoms with E-state index in [1.54, 1.807) is 30.3 Å². The summed E-state index contributed by atoms with van der Waals surface area (Å²) in [5.41, 5.74) is 0.142. The molecule has 3 nitrogen and oxygen atoms in total. The van der Waals surface area contributed by atoms with Gasteiger partial charge >= 0.3 is 0 Å². The number of rotatable bonds is 5. The van der Waals surface area contributed by atoms with Crippen LogP contribution in [-0.4, -0.2) is 16.0 Å². The lowest BCUT2D eigenvalue weighted by Crippen LogP contribution is -2.36. The van der Waals surface area contributed by atoms with Crippen LogP contribution < -0.4 is 0 Å². The fraction of sp³-hybridized carbons (Fsp3) is 0.118. The average Bonchev–Trinajstić information content (AvgIpc) is 2.50. The highest BCUT2D eigenvalue weighted by atomic mass is 16.4. The molecule has 0 spiro atoms. The van der Waals surface area contributed by atoms with E-state index in [9.17, 15) is 10.3 Å². The lowest BCUT2D eigenvalue weighted by molar-refractivity contribution is 0.110. The third kappa shape index (κ3) is 2.63. The Kier molecular flexibility index (Phi) is 4.33. The summed E-state index contributed by atoms with van der Waals surface area (Å²) in [5.74, 6) is 0. The molecule has 0 saturated heterocycles. The van der Waals surface area contributed by atoms with Crippen LogP contribution in [0.1, 0.15) is 17.5 Å². The molecule has 2 N–H and O–H groups in total. The number of oxime groups is 1. The van der Waals surface area contributed by atoms with Crippen molar-refractivity contribution in [2.75, 3.05) is 0 Å². The molecule has 1 atom stereocenters. The highest BCUT2D eigenvalue weighted by Gasteiger charge is 2.35. The van der Waals surface area contributed by atoms with Gasteiger partial charge in [0.25, 0.3) is 0 Å². The summed E-state index contributed by atoms with van der Waals surface area (Å²) < 4.78 is 0. The highest BCUT2D eigenvalue weighted by molar-refractivity contribution is 6.06. The van der Waals surface area contributed by atoms with Crippen LogP contribution in [0.5, 0.6) is 0 Å². The third-order valence-corrected chi connectivity index (χ3v) is 3.23. The van der Waals surface area contributed by atoms with Gasteiger partial charge in [-0.2, -0.15) is 0 Å². The number of hydrogen-bond acceptors (Lipinski definition) is 3. The van der Waals surface area contributed by atoms with Gasteiger partial charge in [-0.05, 0) is 5.56 Å². The summed E-state index contributed by atoms with van der Waals surface area (Å²) >= 11 is 0. The fourth-order valence-corrected chi connectivity index (χ4v) is 2.25. The first kappa shape index (κ1) is 14.0. The maximum absolute atomic E-state index is 11.0. The van der Waals surface area contributed by atoms with E-state index in [4.69, 9.17) is 0 Å². The topological polar surface area (TPSA) is 52.8 Å². The molecule has 0 heterocycles. The van der Waals surface area contributed by atoms with Crippen LogP contribution in [0.25, 0.3) is 0 Å². The van der Waals surface area contributed by atoms with Gasteiger partial charge in [0.15, 0.2) is 0 Å². The van der Waals surface area contributed by atoms with Crippen LogP contribution in [0.4, 0.5) is 0 Å². The van der Waals surface area contributed by atoms with Crippen molar-refractivity contribution in [2.45, 2.75) is 12.0 Å². The Morgan fingerprint density at radius 3 is 2.10 bits per heavy atom. The third-order valence-electron chi connectivity index (χ3n) is 3.23. The van der Waals surface area contributed by atoms with E-state index in [2.05, 4.69) is 11.7 Å². The van der Waals surface area contributed by atoms with Crippen LogP contribution in [0.15, 0.2) is 78.5 Å². The molecule has 0 saturated carbocycles. The molecule has 0 bridgehead atoms. The minimum atomic E-state index is -1.40. The molecule has 2 rings (SSSR count). The van der Waals surface area contributed by atoms with E-state index in [0.717, 1.165) is 0 Å². The van der Waals surface area contributed by atoms with Crippen LogP contribution >= 0.6 is 0 Å². The quantitative estimate of drug-likeness (QED) is 0.378. The minimum Gasteiger partial charge on any atom is -0.411 e. The Bertz CT molecular complexity index is 593. The molecule has 102 valence electrons. The molecule has 0 aliphatic rings. The standard InChI is InChI=1S/C17H17NO2/c1-2-13-17(19,15-11-7-4-8-12-15)16(18-20)14-9-5-3-6-10-14/h2-12,19-20H,1,13H2/b18-16+. The van der Waals surface area contributed by atoms with E-state index in [1.807, 2.05) is 36.4 Å². The van der Waals surface area contributed by atoms with Crippen molar-refractivity contribution in [3.63, 3.8) is 0 Å². The summed E-state index contributed by atoms with van der Waals surface area (Å²) in [6.45, 7) is 3.68. The molecule has 0 aliphatic carbocycles. The summed E-state index contributed by atoms with van der Waals surface area (Å²) in [6.07, 6.45) is 1.87. The predicted octanol–water partition coefficient (Wildman–Crippen LogP) is 3.33. The Hall–Kier alpha value is -2.39. The van der Waals surface area contributed by atoms with E-state index in [1.165, 1.54) is 0 Å². The smallest absolute Gasteiger partial charge is 0.139 e. The molecule has 2 aromatic rings. The van der Waals surface area contributed by atoms with Crippen molar-refractivity contribution >= 4 is 5.71 Å². The lowest BCUT2D eigenvalue weighted by Gasteiger charge is -2.28. The zero-order valence-corrected chi connectivity index (χ0v) is 11.1. The van der Waals surface area contributed by atoms with Crippen molar-refractivity contribution < 1.29 is 10.3 Å². The molecule has 0 aliphatic heterocycles. The first-order valence-corrected chi connectivity index (χ1v) is 6.39. The van der Waals surface area contributed by atoms with Crippen molar-refractivity contribution in [3.8, 4) is 0 Å². The monoisotopic (exact) mass is 267 g/mol. The number of nitrogens with zero attached hydrogens (tertiary/aromatic N) is 1. The summed E-state index contributed by atoms with van der Waals surface area (Å²) in [6, 6.07) is 18.3. The van der Waals surface area contributed by atoms with Crippen molar-refractivity contribution in [1.29, 1.82) is 0 Å². The molecule has 3 heteroatoms. The van der Waals surface area contributed by atoms with E-state index >= 15 is 0 Å². The summed E-state index contributed by atoms with van der Waals surface area (Å²) in [4.78, 5) is 0. The van der Waals surface area contributed by atoms with Crippen LogP contribution in [0.2, 0.25) is 0 Å². The first-order chi connectivity index (χ1) is 9.72. The molecular formula is C17H17NO2. The maximum Gasteiger partial charge on any atom is 0.139 e. The Labute approximate surface area is 118 Å². The van der Waals surface area contributed by atoms with E-state index < -0.39 is 5.60 Å². The van der Waals surface area contributed by atoms with E-state index in [-0.39, 0.29) is 12.1 Å². The lowest BCUT2D eigenvalue weighted by atomic mass is 9.82. The Balaban J connectivity index is 2.55. The van der Waals surface area contributed by atoms with Gasteiger partial charge < -0.3 is 10.3 Å². The van der Waals surface area contributed by atoms with Gasteiger partial charge in [-0.15, -0.1) is 6.58 Å². The minimum absolute atomic E-state index is 0.212. The summed E-state index contributed by atoms with van der Waals surface area (Å²) in [7, 11) is 0. The SMILES string of the molecule is C=CCC(O)(/C(=N/O)c1ccccc1)c1ccccc1. The molecule has 0 radical (unpaired) electrons. The van der Waals surface area contributed by atoms with Gasteiger partial charge in [0.1, 0.15) is 11.3 Å². The van der Waals surface area contributed by atoms with Crippen molar-refractivity contribution in [1.82, 2.24) is 0 Å². The zero-order valence-electron chi connectivity index (χ0n) is 11.1. The fourth-order valence-electron chi connectivity index (χ4n) is 2.25. The van der Waals surface area contributed by atoms with Crippen LogP contribution in [-0.2, 0) is 5.60 Å². The second-order valence-corrected chi connectivity index (χ2v) is 4.53. The van der Waals surface area contributed by atoms with Gasteiger partial charge in [-0.3, -0.25) is 0 Å². The van der Waals surface area contributed by atoms with Gasteiger partial charge in [0.2, 0.25) is 0 Å². The maximum atomic E-state index is 11.0. The first-order valence-electron chi connectivity index (χ1n) is 6.39. The number of hydrogen-bond donors (Lipinski definition) is 2. The second-order valence-electron chi connectivity index (χ2n) is 4.53. The number of aliphatic hydroxyl groups is 1. The molecule has 0 amide bonds. The summed E-state index contributed by atoms with van der Waals surface area (Å²) in [5, 5.41) is 23.8. The normalized spacial score (nSPS) is 14.6. The number of benzene rings is 2. The molecular weight excluding hydrogens is 250 g/mol. The van der Waals surface area contributed by atoms with Crippen LogP contribution in [0.3, 0.4) is 0 Å². The molecule has 0 fully saturated rings. The highest BCUT2D eigenvalue weighted by Crippen LogP contribution is 2.30. The second kappa shape index (κ2) is 6.17. The predicted molar refractivity (Wildman–Crippen MR) is 79.9 cm³/mol. The van der Waals surface area contributed by atoms with Gasteiger partial charge in [0.05, 0.1) is 0 Å². The van der Waals surface area contributed by atoms with Gasteiger partial charge in [0, 0.05) is 12.0 Å². The Morgan fingerprint density at radius 2 is 1.60 bits per heavy atom. The molecule has 20 heavy (non-hydrogen) atoms. The van der Waals surface area contributed by atoms with Crippen molar-refractivity contribution in [2.24, 2.45) is 5.16 Å². The molecule has 2 aromatic carbocycles. The van der Waals surface area contributed by atoms with Crippen molar-refractivity contribution in [3.05, 3.63) is 84.4 Å². The average molecular weight is 267 g/mol.